The predicted octanol–water partition coefficient (Wildman–Crippen LogP) is 2.88. The molecular formula is C15H19N3S. The van der Waals surface area contributed by atoms with Gasteiger partial charge in [-0.1, -0.05) is 25.1 Å². The normalized spacial score (nSPS) is 17.6. The Kier molecular flexibility index (Phi) is 3.89. The van der Waals surface area contributed by atoms with Crippen LogP contribution in [-0.2, 0) is 13.1 Å². The predicted molar refractivity (Wildman–Crippen MR) is 79.5 cm³/mol. The van der Waals surface area contributed by atoms with Crippen molar-refractivity contribution in [3.63, 3.8) is 0 Å². The van der Waals surface area contributed by atoms with Gasteiger partial charge in [0, 0.05) is 35.5 Å². The van der Waals surface area contributed by atoms with Crippen molar-refractivity contribution in [2.45, 2.75) is 30.8 Å². The van der Waals surface area contributed by atoms with E-state index in [1.807, 2.05) is 18.0 Å². The second-order valence-corrected chi connectivity index (χ2v) is 5.88. The Morgan fingerprint density at radius 3 is 3.21 bits per heavy atom. The summed E-state index contributed by atoms with van der Waals surface area (Å²) in [6.45, 7) is 4.99. The van der Waals surface area contributed by atoms with Crippen LogP contribution < -0.4 is 5.32 Å². The molecule has 100 valence electrons. The highest BCUT2D eigenvalue weighted by molar-refractivity contribution is 7.99. The Morgan fingerprint density at radius 2 is 2.32 bits per heavy atom. The first-order valence-corrected chi connectivity index (χ1v) is 7.79. The monoisotopic (exact) mass is 273 g/mol. The number of imidazole rings is 1. The van der Waals surface area contributed by atoms with Crippen LogP contribution in [0.1, 0.15) is 24.2 Å². The minimum absolute atomic E-state index is 0.607. The second-order valence-electron chi connectivity index (χ2n) is 4.82. The van der Waals surface area contributed by atoms with Crippen molar-refractivity contribution >= 4 is 11.8 Å². The molecule has 1 aliphatic rings. The van der Waals surface area contributed by atoms with Crippen LogP contribution in [0.3, 0.4) is 0 Å². The van der Waals surface area contributed by atoms with Crippen molar-refractivity contribution < 1.29 is 0 Å². The molecule has 1 aromatic heterocycles. The molecule has 0 amide bonds. The van der Waals surface area contributed by atoms with Gasteiger partial charge in [0.1, 0.15) is 5.82 Å². The number of rotatable bonds is 5. The molecule has 2 aromatic rings. The molecule has 2 heterocycles. The summed E-state index contributed by atoms with van der Waals surface area (Å²) in [6, 6.07) is 8.77. The Balaban J connectivity index is 1.74. The smallest absolute Gasteiger partial charge is 0.122 e. The Bertz CT molecular complexity index is 550. The first-order chi connectivity index (χ1) is 9.38. The van der Waals surface area contributed by atoms with Crippen LogP contribution in [0.2, 0.25) is 0 Å². The molecule has 3 rings (SSSR count). The minimum Gasteiger partial charge on any atom is -0.333 e. The lowest BCUT2D eigenvalue weighted by molar-refractivity contribution is 0.559. The fraction of sp³-hybridized carbons (Fsp3) is 0.400. The van der Waals surface area contributed by atoms with Crippen molar-refractivity contribution in [2.24, 2.45) is 0 Å². The van der Waals surface area contributed by atoms with E-state index < -0.39 is 0 Å². The molecule has 1 aromatic carbocycles. The van der Waals surface area contributed by atoms with Crippen LogP contribution in [0.25, 0.3) is 0 Å². The zero-order valence-corrected chi connectivity index (χ0v) is 12.0. The van der Waals surface area contributed by atoms with Crippen LogP contribution in [0.5, 0.6) is 0 Å². The molecule has 0 spiro atoms. The van der Waals surface area contributed by atoms with Crippen molar-refractivity contribution in [3.8, 4) is 0 Å². The Labute approximate surface area is 118 Å². The molecule has 0 radical (unpaired) electrons. The molecule has 0 fully saturated rings. The molecule has 0 saturated heterocycles. The summed E-state index contributed by atoms with van der Waals surface area (Å²) in [5, 5.41) is 3.35. The van der Waals surface area contributed by atoms with E-state index in [0.717, 1.165) is 25.5 Å². The highest BCUT2D eigenvalue weighted by Crippen LogP contribution is 2.40. The number of nitrogens with one attached hydrogen (secondary N) is 1. The van der Waals surface area contributed by atoms with Gasteiger partial charge in [0.2, 0.25) is 0 Å². The number of hydrogen-bond donors (Lipinski definition) is 1. The first-order valence-electron chi connectivity index (χ1n) is 6.81. The number of aromatic nitrogens is 2. The number of nitrogens with zero attached hydrogens (tertiary/aromatic N) is 2. The molecule has 0 bridgehead atoms. The largest absolute Gasteiger partial charge is 0.333 e. The number of thioether (sulfide) groups is 1. The van der Waals surface area contributed by atoms with Gasteiger partial charge < -0.3 is 9.88 Å². The lowest BCUT2D eigenvalue weighted by atomic mass is 10.0. The van der Waals surface area contributed by atoms with Gasteiger partial charge in [0.25, 0.3) is 0 Å². The van der Waals surface area contributed by atoms with Crippen molar-refractivity contribution in [2.75, 3.05) is 12.3 Å². The molecule has 19 heavy (non-hydrogen) atoms. The van der Waals surface area contributed by atoms with Gasteiger partial charge in [-0.3, -0.25) is 0 Å². The molecule has 0 saturated carbocycles. The summed E-state index contributed by atoms with van der Waals surface area (Å²) in [4.78, 5) is 5.89. The molecule has 1 N–H and O–H groups in total. The van der Waals surface area contributed by atoms with Gasteiger partial charge in [0.05, 0.1) is 6.54 Å². The van der Waals surface area contributed by atoms with E-state index in [4.69, 9.17) is 0 Å². The quantitative estimate of drug-likeness (QED) is 0.908. The van der Waals surface area contributed by atoms with Gasteiger partial charge in [-0.2, -0.15) is 0 Å². The third-order valence-electron chi connectivity index (χ3n) is 3.55. The molecule has 1 atom stereocenters. The lowest BCUT2D eigenvalue weighted by Gasteiger charge is -2.14. The summed E-state index contributed by atoms with van der Waals surface area (Å²) in [6.07, 6.45) is 4.00. The fourth-order valence-corrected chi connectivity index (χ4v) is 3.77. The second kappa shape index (κ2) is 5.80. The number of hydrogen-bond acceptors (Lipinski definition) is 3. The van der Waals surface area contributed by atoms with Gasteiger partial charge >= 0.3 is 0 Å². The first kappa shape index (κ1) is 12.8. The van der Waals surface area contributed by atoms with E-state index in [1.165, 1.54) is 16.2 Å². The van der Waals surface area contributed by atoms with E-state index in [9.17, 15) is 0 Å². The average molecular weight is 273 g/mol. The maximum Gasteiger partial charge on any atom is 0.122 e. The topological polar surface area (TPSA) is 29.9 Å². The standard InChI is InChI=1S/C15H19N3S/c1-2-16-9-15-17-7-8-18(15)10-12-11-19-14-6-4-3-5-13(12)14/h3-8,12,16H,2,9-11H2,1H3. The average Bonchev–Trinajstić information content (AvgIpc) is 3.05. The molecule has 1 unspecified atom stereocenters. The van der Waals surface area contributed by atoms with E-state index in [0.29, 0.717) is 5.92 Å². The molecule has 1 aliphatic heterocycles. The molecule has 3 nitrogen and oxygen atoms in total. The number of fused-ring (bicyclic) bond motifs is 1. The van der Waals surface area contributed by atoms with Crippen molar-refractivity contribution in [3.05, 3.63) is 48.0 Å². The van der Waals surface area contributed by atoms with E-state index in [2.05, 4.69) is 52.3 Å². The summed E-state index contributed by atoms with van der Waals surface area (Å²) >= 11 is 1.97. The van der Waals surface area contributed by atoms with Crippen LogP contribution >= 0.6 is 11.8 Å². The highest BCUT2D eigenvalue weighted by Gasteiger charge is 2.23. The van der Waals surface area contributed by atoms with E-state index >= 15 is 0 Å². The van der Waals surface area contributed by atoms with Gasteiger partial charge in [-0.05, 0) is 18.2 Å². The summed E-state index contributed by atoms with van der Waals surface area (Å²) in [5.41, 5.74) is 1.50. The van der Waals surface area contributed by atoms with Gasteiger partial charge in [-0.15, -0.1) is 11.8 Å². The summed E-state index contributed by atoms with van der Waals surface area (Å²) < 4.78 is 2.29. The van der Waals surface area contributed by atoms with Crippen molar-refractivity contribution in [1.29, 1.82) is 0 Å². The summed E-state index contributed by atoms with van der Waals surface area (Å²) in [5.74, 6) is 2.92. The fourth-order valence-electron chi connectivity index (χ4n) is 2.53. The Morgan fingerprint density at radius 1 is 1.42 bits per heavy atom. The number of benzene rings is 1. The molecule has 4 heteroatoms. The van der Waals surface area contributed by atoms with Crippen LogP contribution in [0, 0.1) is 0 Å². The van der Waals surface area contributed by atoms with Crippen molar-refractivity contribution in [1.82, 2.24) is 14.9 Å². The van der Waals surface area contributed by atoms with Crippen LogP contribution in [-0.4, -0.2) is 21.8 Å². The van der Waals surface area contributed by atoms with Gasteiger partial charge in [-0.25, -0.2) is 4.98 Å². The van der Waals surface area contributed by atoms with Gasteiger partial charge in [0.15, 0.2) is 0 Å². The summed E-state index contributed by atoms with van der Waals surface area (Å²) in [7, 11) is 0. The maximum absolute atomic E-state index is 4.45. The SMILES string of the molecule is CCNCc1nccn1CC1CSc2ccccc21. The maximum atomic E-state index is 4.45. The zero-order chi connectivity index (χ0) is 13.1. The third-order valence-corrected chi connectivity index (χ3v) is 4.80. The molecular weight excluding hydrogens is 254 g/mol. The minimum atomic E-state index is 0.607. The highest BCUT2D eigenvalue weighted by atomic mass is 32.2. The van der Waals surface area contributed by atoms with E-state index in [-0.39, 0.29) is 0 Å². The third kappa shape index (κ3) is 2.69. The van der Waals surface area contributed by atoms with Crippen LogP contribution in [0.4, 0.5) is 0 Å². The van der Waals surface area contributed by atoms with E-state index in [1.54, 1.807) is 0 Å². The lowest BCUT2D eigenvalue weighted by Crippen LogP contribution is -2.18. The molecule has 0 aliphatic carbocycles. The van der Waals surface area contributed by atoms with Crippen LogP contribution in [0.15, 0.2) is 41.6 Å². The zero-order valence-electron chi connectivity index (χ0n) is 11.2. The Hall–Kier alpha value is -1.26.